The number of hydrogen-bond acceptors (Lipinski definition) is 6. The minimum Gasteiger partial charge on any atom is -0.486 e. The number of carbonyl (C=O) groups is 3. The Labute approximate surface area is 192 Å². The van der Waals surface area contributed by atoms with Crippen LogP contribution in [0.4, 0.5) is 5.82 Å². The van der Waals surface area contributed by atoms with E-state index in [9.17, 15) is 14.4 Å². The molecule has 31 heavy (non-hydrogen) atoms. The number of carbonyl (C=O) groups excluding carboxylic acids is 3. The highest BCUT2D eigenvalue weighted by atomic mass is 79.9. The van der Waals surface area contributed by atoms with Crippen molar-refractivity contribution in [2.75, 3.05) is 12.4 Å². The average Bonchev–Trinajstić information content (AvgIpc) is 3.14. The summed E-state index contributed by atoms with van der Waals surface area (Å²) in [5, 5.41) is 9.54. The monoisotopic (exact) mass is 506 g/mol. The number of halogens is 1. The van der Waals surface area contributed by atoms with Gasteiger partial charge in [0.2, 0.25) is 5.91 Å². The molecule has 2 aromatic rings. The van der Waals surface area contributed by atoms with Crippen LogP contribution in [0.2, 0.25) is 0 Å². The van der Waals surface area contributed by atoms with Crippen LogP contribution < -0.4 is 20.7 Å². The van der Waals surface area contributed by atoms with Gasteiger partial charge in [0, 0.05) is 24.7 Å². The van der Waals surface area contributed by atoms with Crippen molar-refractivity contribution in [3.05, 3.63) is 38.8 Å². The molecule has 1 aliphatic carbocycles. The molecule has 2 atom stereocenters. The molecule has 0 aromatic carbocycles. The van der Waals surface area contributed by atoms with Crippen molar-refractivity contribution in [2.24, 2.45) is 0 Å². The highest BCUT2D eigenvalue weighted by Crippen LogP contribution is 2.34. The summed E-state index contributed by atoms with van der Waals surface area (Å²) in [4.78, 5) is 41.6. The topological polar surface area (TPSA) is 109 Å². The normalized spacial score (nSPS) is 20.4. The molecule has 3 N–H and O–H groups in total. The van der Waals surface area contributed by atoms with E-state index in [1.165, 1.54) is 17.5 Å². The van der Waals surface area contributed by atoms with Crippen molar-refractivity contribution in [3.63, 3.8) is 0 Å². The molecule has 3 heterocycles. The minimum absolute atomic E-state index is 0.00436. The highest BCUT2D eigenvalue weighted by Gasteiger charge is 2.26. The van der Waals surface area contributed by atoms with E-state index in [0.717, 1.165) is 29.3 Å². The van der Waals surface area contributed by atoms with E-state index in [1.807, 2.05) is 0 Å². The van der Waals surface area contributed by atoms with Crippen LogP contribution in [0.3, 0.4) is 0 Å². The Hall–Kier alpha value is -2.46. The van der Waals surface area contributed by atoms with Gasteiger partial charge in [0.1, 0.15) is 5.82 Å². The number of aromatic nitrogens is 1. The fraction of sp³-hybridized carbons (Fsp3) is 0.429. The molecule has 0 spiro atoms. The second-order valence-corrected chi connectivity index (χ2v) is 9.61. The Kier molecular flexibility index (Phi) is 6.57. The van der Waals surface area contributed by atoms with Crippen LogP contribution in [-0.4, -0.2) is 41.9 Å². The summed E-state index contributed by atoms with van der Waals surface area (Å²) in [5.41, 5.74) is 1.36. The summed E-state index contributed by atoms with van der Waals surface area (Å²) in [5.74, 6) is 0.161. The number of rotatable bonds is 5. The first-order chi connectivity index (χ1) is 14.9. The van der Waals surface area contributed by atoms with Gasteiger partial charge in [0.15, 0.2) is 5.06 Å². The van der Waals surface area contributed by atoms with Gasteiger partial charge in [-0.3, -0.25) is 14.4 Å². The van der Waals surface area contributed by atoms with E-state index in [0.29, 0.717) is 40.6 Å². The van der Waals surface area contributed by atoms with Crippen LogP contribution in [0.5, 0.6) is 5.06 Å². The second-order valence-electron chi connectivity index (χ2n) is 7.74. The van der Waals surface area contributed by atoms with E-state index >= 15 is 0 Å². The number of thiophene rings is 1. The van der Waals surface area contributed by atoms with E-state index in [2.05, 4.69) is 36.9 Å². The molecule has 164 valence electrons. The van der Waals surface area contributed by atoms with Crippen LogP contribution in [0.15, 0.2) is 22.8 Å². The Morgan fingerprint density at radius 3 is 2.65 bits per heavy atom. The van der Waals surface area contributed by atoms with E-state index in [4.69, 9.17) is 4.74 Å². The fourth-order valence-electron chi connectivity index (χ4n) is 3.96. The fourth-order valence-corrected chi connectivity index (χ4v) is 5.51. The number of methoxy groups -OCH3 is 1. The number of amides is 3. The van der Waals surface area contributed by atoms with E-state index in [-0.39, 0.29) is 29.8 Å². The van der Waals surface area contributed by atoms with Crippen LogP contribution in [0.25, 0.3) is 0 Å². The first kappa shape index (κ1) is 21.8. The van der Waals surface area contributed by atoms with Crippen LogP contribution in [-0.2, 0) is 11.2 Å². The first-order valence-corrected chi connectivity index (χ1v) is 11.8. The van der Waals surface area contributed by atoms with Crippen molar-refractivity contribution < 1.29 is 19.1 Å². The zero-order chi connectivity index (χ0) is 22.0. The highest BCUT2D eigenvalue weighted by molar-refractivity contribution is 9.10. The molecular formula is C21H23BrN4O4S. The number of pyridine rings is 1. The molecule has 8 nitrogen and oxygen atoms in total. The third-order valence-electron chi connectivity index (χ3n) is 5.52. The molecule has 2 aliphatic rings. The number of nitrogens with one attached hydrogen (secondary N) is 3. The van der Waals surface area contributed by atoms with Gasteiger partial charge in [0.05, 0.1) is 22.0 Å². The predicted molar refractivity (Wildman–Crippen MR) is 121 cm³/mol. The SMILES string of the molecule is COc1sc(C(=O)NC2CCCC(NC(=O)c3cnc4c(c3)CCC(=O)N4)C2)cc1Br. The molecule has 0 bridgehead atoms. The van der Waals surface area contributed by atoms with Gasteiger partial charge in [-0.15, -0.1) is 0 Å². The molecule has 10 heteroatoms. The van der Waals surface area contributed by atoms with Gasteiger partial charge in [-0.25, -0.2) is 4.98 Å². The summed E-state index contributed by atoms with van der Waals surface area (Å²) in [6, 6.07) is 3.52. The maximum Gasteiger partial charge on any atom is 0.261 e. The lowest BCUT2D eigenvalue weighted by atomic mass is 9.90. The van der Waals surface area contributed by atoms with Crippen molar-refractivity contribution in [3.8, 4) is 5.06 Å². The van der Waals surface area contributed by atoms with Crippen LogP contribution in [0, 0.1) is 0 Å². The second kappa shape index (κ2) is 9.35. The Balaban J connectivity index is 1.35. The predicted octanol–water partition coefficient (Wildman–Crippen LogP) is 3.27. The zero-order valence-corrected chi connectivity index (χ0v) is 19.4. The summed E-state index contributed by atoms with van der Waals surface area (Å²) < 4.78 is 5.99. The lowest BCUT2D eigenvalue weighted by molar-refractivity contribution is -0.116. The number of anilines is 1. The molecule has 2 unspecified atom stereocenters. The summed E-state index contributed by atoms with van der Waals surface area (Å²) in [6.07, 6.45) is 5.81. The van der Waals surface area contributed by atoms with Gasteiger partial charge in [-0.05, 0) is 65.7 Å². The molecule has 2 aromatic heterocycles. The zero-order valence-electron chi connectivity index (χ0n) is 17.0. The van der Waals surface area contributed by atoms with E-state index in [1.54, 1.807) is 19.2 Å². The quantitative estimate of drug-likeness (QED) is 0.576. The van der Waals surface area contributed by atoms with Crippen LogP contribution >= 0.6 is 27.3 Å². The third-order valence-corrected chi connectivity index (χ3v) is 7.46. The van der Waals surface area contributed by atoms with Gasteiger partial charge in [-0.2, -0.15) is 0 Å². The largest absolute Gasteiger partial charge is 0.486 e. The van der Waals surface area contributed by atoms with Gasteiger partial charge < -0.3 is 20.7 Å². The van der Waals surface area contributed by atoms with Crippen molar-refractivity contribution in [2.45, 2.75) is 50.6 Å². The number of hydrogen-bond donors (Lipinski definition) is 3. The molecule has 0 saturated heterocycles. The molecule has 1 aliphatic heterocycles. The van der Waals surface area contributed by atoms with Crippen molar-refractivity contribution in [1.29, 1.82) is 0 Å². The summed E-state index contributed by atoms with van der Waals surface area (Å²) in [6.45, 7) is 0. The number of aryl methyl sites for hydroxylation is 1. The molecule has 3 amide bonds. The smallest absolute Gasteiger partial charge is 0.261 e. The van der Waals surface area contributed by atoms with Gasteiger partial charge in [0.25, 0.3) is 11.8 Å². The van der Waals surface area contributed by atoms with Crippen molar-refractivity contribution >= 4 is 50.8 Å². The van der Waals surface area contributed by atoms with E-state index < -0.39 is 0 Å². The average molecular weight is 507 g/mol. The van der Waals surface area contributed by atoms with Gasteiger partial charge >= 0.3 is 0 Å². The maximum atomic E-state index is 12.7. The number of nitrogens with zero attached hydrogens (tertiary/aromatic N) is 1. The molecule has 1 fully saturated rings. The number of fused-ring (bicyclic) bond motifs is 1. The van der Waals surface area contributed by atoms with Crippen LogP contribution in [0.1, 0.15) is 57.7 Å². The van der Waals surface area contributed by atoms with Gasteiger partial charge in [-0.1, -0.05) is 11.3 Å². The molecule has 4 rings (SSSR count). The summed E-state index contributed by atoms with van der Waals surface area (Å²) >= 11 is 4.68. The molecular weight excluding hydrogens is 484 g/mol. The Morgan fingerprint density at radius 1 is 1.19 bits per heavy atom. The molecule has 0 radical (unpaired) electrons. The first-order valence-electron chi connectivity index (χ1n) is 10.2. The lowest BCUT2D eigenvalue weighted by Crippen LogP contribution is -2.45. The summed E-state index contributed by atoms with van der Waals surface area (Å²) in [7, 11) is 1.57. The minimum atomic E-state index is -0.184. The third kappa shape index (κ3) is 5.07. The Morgan fingerprint density at radius 2 is 1.94 bits per heavy atom. The molecule has 1 saturated carbocycles. The number of ether oxygens (including phenoxy) is 1. The van der Waals surface area contributed by atoms with Crippen molar-refractivity contribution in [1.82, 2.24) is 15.6 Å². The Bertz CT molecular complexity index is 1020. The maximum absolute atomic E-state index is 12.7. The standard InChI is InChI=1S/C21H23BrN4O4S/c1-30-21-15(22)9-16(31-21)20(29)25-14-4-2-3-13(8-14)24-19(28)12-7-11-5-6-17(27)26-18(11)23-10-12/h7,9-10,13-14H,2-6,8H2,1H3,(H,24,28)(H,25,29)(H,23,26,27). The lowest BCUT2D eigenvalue weighted by Gasteiger charge is -2.30.